The van der Waals surface area contributed by atoms with Gasteiger partial charge in [0.05, 0.1) is 30.5 Å². The Kier molecular flexibility index (Phi) is 7.39. The van der Waals surface area contributed by atoms with Crippen molar-refractivity contribution in [2.45, 2.75) is 31.3 Å². The summed E-state index contributed by atoms with van der Waals surface area (Å²) < 4.78 is 42.9. The normalized spacial score (nSPS) is 23.7. The molecule has 1 N–H and O–H groups in total. The number of alkyl halides is 3. The third-order valence-electron chi connectivity index (χ3n) is 5.47. The van der Waals surface area contributed by atoms with Crippen molar-refractivity contribution < 1.29 is 37.0 Å². The van der Waals surface area contributed by atoms with Crippen LogP contribution in [0.5, 0.6) is 0 Å². The molecule has 3 atom stereocenters. The van der Waals surface area contributed by atoms with Gasteiger partial charge in [-0.2, -0.15) is 24.5 Å². The zero-order valence-electron chi connectivity index (χ0n) is 16.7. The molecule has 170 valence electrons. The fourth-order valence-corrected chi connectivity index (χ4v) is 4.71. The van der Waals surface area contributed by atoms with Crippen LogP contribution in [0.1, 0.15) is 22.5 Å². The average molecular weight is 460 g/mol. The minimum atomic E-state index is -5.08. The van der Waals surface area contributed by atoms with Gasteiger partial charge in [-0.15, -0.1) is 0 Å². The molecule has 1 amide bonds. The van der Waals surface area contributed by atoms with Crippen molar-refractivity contribution in [3.63, 3.8) is 0 Å². The quantitative estimate of drug-likeness (QED) is 0.754. The average Bonchev–Trinajstić information content (AvgIpc) is 3.48. The number of carbonyl (C=O) groups is 2. The summed E-state index contributed by atoms with van der Waals surface area (Å²) in [7, 11) is 1.78. The van der Waals surface area contributed by atoms with Gasteiger partial charge in [0.15, 0.2) is 0 Å². The summed E-state index contributed by atoms with van der Waals surface area (Å²) >= 11 is 1.57. The summed E-state index contributed by atoms with van der Waals surface area (Å²) in [4.78, 5) is 26.2. The van der Waals surface area contributed by atoms with Crippen molar-refractivity contribution in [3.8, 4) is 0 Å². The van der Waals surface area contributed by atoms with Crippen molar-refractivity contribution in [2.75, 3.05) is 26.7 Å². The molecule has 2 aliphatic heterocycles. The minimum absolute atomic E-state index is 0.153. The Morgan fingerprint density at radius 1 is 1.32 bits per heavy atom. The van der Waals surface area contributed by atoms with Crippen LogP contribution in [0.4, 0.5) is 13.2 Å². The van der Waals surface area contributed by atoms with Crippen LogP contribution in [0.3, 0.4) is 0 Å². The highest BCUT2D eigenvalue weighted by Gasteiger charge is 2.46. The zero-order chi connectivity index (χ0) is 22.6. The number of carboxylic acid groups (broad SMARTS) is 1. The lowest BCUT2D eigenvalue weighted by atomic mass is 9.88. The van der Waals surface area contributed by atoms with E-state index in [2.05, 4.69) is 9.80 Å². The number of likely N-dealkylation sites (tertiary alicyclic amines) is 2. The molecule has 11 heteroatoms. The number of rotatable bonds is 4. The second kappa shape index (κ2) is 9.84. The second-order valence-corrected chi connectivity index (χ2v) is 8.16. The summed E-state index contributed by atoms with van der Waals surface area (Å²) in [5.41, 5.74) is 0.805. The molecular formula is C20H23F3N2O5S. The number of carbonyl (C=O) groups excluding carboxylic acids is 1. The predicted molar refractivity (Wildman–Crippen MR) is 106 cm³/mol. The highest BCUT2D eigenvalue weighted by atomic mass is 32.1. The Morgan fingerprint density at radius 2 is 2.06 bits per heavy atom. The molecule has 2 aromatic rings. The Labute approximate surface area is 181 Å². The van der Waals surface area contributed by atoms with Crippen LogP contribution < -0.4 is 0 Å². The fraction of sp³-hybridized carbons (Fsp3) is 0.500. The van der Waals surface area contributed by atoms with Crippen LogP contribution in [-0.4, -0.2) is 71.8 Å². The Morgan fingerprint density at radius 3 is 2.61 bits per heavy atom. The third kappa shape index (κ3) is 5.66. The molecule has 2 aromatic heterocycles. The third-order valence-corrected chi connectivity index (χ3v) is 6.16. The van der Waals surface area contributed by atoms with E-state index < -0.39 is 12.1 Å². The molecule has 31 heavy (non-hydrogen) atoms. The first-order chi connectivity index (χ1) is 14.7. The number of furan rings is 1. The molecule has 0 saturated carbocycles. The molecule has 0 radical (unpaired) electrons. The van der Waals surface area contributed by atoms with Crippen LogP contribution in [0.2, 0.25) is 0 Å². The summed E-state index contributed by atoms with van der Waals surface area (Å²) in [6.07, 6.45) is -2.24. The number of amides is 1. The van der Waals surface area contributed by atoms with Gasteiger partial charge < -0.3 is 19.2 Å². The SMILES string of the molecule is CO[C@H]1CCN(C(=O)c2ccsc2)[C@@H]2CN(Cc3ccco3)C[C@H]12.O=C(O)C(F)(F)F. The highest BCUT2D eigenvalue weighted by Crippen LogP contribution is 2.34. The number of aliphatic carboxylic acids is 1. The molecule has 2 fully saturated rings. The molecule has 0 spiro atoms. The smallest absolute Gasteiger partial charge is 0.475 e. The lowest BCUT2D eigenvalue weighted by Crippen LogP contribution is -2.53. The van der Waals surface area contributed by atoms with E-state index in [0.29, 0.717) is 5.92 Å². The van der Waals surface area contributed by atoms with E-state index in [1.807, 2.05) is 29.0 Å². The van der Waals surface area contributed by atoms with Crippen LogP contribution >= 0.6 is 11.3 Å². The summed E-state index contributed by atoms with van der Waals surface area (Å²) in [5, 5.41) is 11.0. The minimum Gasteiger partial charge on any atom is -0.475 e. The van der Waals surface area contributed by atoms with Crippen LogP contribution in [0.25, 0.3) is 0 Å². The predicted octanol–water partition coefficient (Wildman–Crippen LogP) is 3.34. The Balaban J connectivity index is 0.000000339. The van der Waals surface area contributed by atoms with Crippen LogP contribution in [0, 0.1) is 5.92 Å². The first kappa shape index (κ1) is 23.3. The Hall–Kier alpha value is -2.37. The molecule has 2 aliphatic rings. The van der Waals surface area contributed by atoms with E-state index in [0.717, 1.165) is 43.9 Å². The molecule has 0 bridgehead atoms. The maximum Gasteiger partial charge on any atom is 0.490 e. The molecule has 7 nitrogen and oxygen atoms in total. The van der Waals surface area contributed by atoms with Gasteiger partial charge in [0, 0.05) is 38.0 Å². The van der Waals surface area contributed by atoms with Gasteiger partial charge in [-0.05, 0) is 30.0 Å². The number of halogens is 3. The van der Waals surface area contributed by atoms with Crippen molar-refractivity contribution in [1.29, 1.82) is 0 Å². The number of hydrogen-bond acceptors (Lipinski definition) is 6. The van der Waals surface area contributed by atoms with E-state index in [1.165, 1.54) is 0 Å². The molecule has 4 heterocycles. The largest absolute Gasteiger partial charge is 0.490 e. The van der Waals surface area contributed by atoms with Crippen molar-refractivity contribution in [2.24, 2.45) is 5.92 Å². The number of piperidine rings is 1. The number of hydrogen-bond donors (Lipinski definition) is 1. The van der Waals surface area contributed by atoms with Gasteiger partial charge in [-0.3, -0.25) is 9.69 Å². The van der Waals surface area contributed by atoms with Crippen LogP contribution in [-0.2, 0) is 16.1 Å². The maximum absolute atomic E-state index is 12.9. The molecule has 2 saturated heterocycles. The Bertz CT molecular complexity index is 857. The molecule has 0 aliphatic carbocycles. The zero-order valence-corrected chi connectivity index (χ0v) is 17.6. The first-order valence-corrected chi connectivity index (χ1v) is 10.6. The number of methoxy groups -OCH3 is 1. The standard InChI is InChI=1S/C18H22N2O3S.C2HF3O2/c1-22-17-4-6-20(18(21)13-5-8-24-12-13)16-11-19(10-15(16)17)9-14-3-2-7-23-14;3-2(4,5)1(6)7/h2-3,5,7-8,12,15-17H,4,6,9-11H2,1H3;(H,6,7)/t15-,16+,17-;/m0./s1. The van der Waals surface area contributed by atoms with E-state index in [4.69, 9.17) is 19.1 Å². The molecule has 0 unspecified atom stereocenters. The maximum atomic E-state index is 12.9. The van der Waals surface area contributed by atoms with Gasteiger partial charge in [-0.1, -0.05) is 0 Å². The van der Waals surface area contributed by atoms with E-state index in [-0.39, 0.29) is 18.1 Å². The summed E-state index contributed by atoms with van der Waals surface area (Å²) in [5.74, 6) is -1.27. The van der Waals surface area contributed by atoms with E-state index in [1.54, 1.807) is 24.7 Å². The van der Waals surface area contributed by atoms with Gasteiger partial charge >= 0.3 is 12.1 Å². The first-order valence-electron chi connectivity index (χ1n) is 9.61. The summed E-state index contributed by atoms with van der Waals surface area (Å²) in [6, 6.07) is 6.05. The van der Waals surface area contributed by atoms with Gasteiger partial charge in [0.25, 0.3) is 5.91 Å². The van der Waals surface area contributed by atoms with E-state index in [9.17, 15) is 18.0 Å². The van der Waals surface area contributed by atoms with Crippen molar-refractivity contribution in [1.82, 2.24) is 9.80 Å². The number of fused-ring (bicyclic) bond motifs is 1. The monoisotopic (exact) mass is 460 g/mol. The lowest BCUT2D eigenvalue weighted by molar-refractivity contribution is -0.192. The topological polar surface area (TPSA) is 83.2 Å². The number of thiophene rings is 1. The fourth-order valence-electron chi connectivity index (χ4n) is 4.08. The number of carboxylic acids is 1. The lowest BCUT2D eigenvalue weighted by Gasteiger charge is -2.41. The molecular weight excluding hydrogens is 437 g/mol. The number of nitrogens with zero attached hydrogens (tertiary/aromatic N) is 2. The molecule has 0 aromatic carbocycles. The number of ether oxygens (including phenoxy) is 1. The van der Waals surface area contributed by atoms with Gasteiger partial charge in [0.2, 0.25) is 0 Å². The highest BCUT2D eigenvalue weighted by molar-refractivity contribution is 7.08. The summed E-state index contributed by atoms with van der Waals surface area (Å²) in [6.45, 7) is 3.37. The van der Waals surface area contributed by atoms with E-state index >= 15 is 0 Å². The van der Waals surface area contributed by atoms with Crippen molar-refractivity contribution >= 4 is 23.2 Å². The van der Waals surface area contributed by atoms with Crippen LogP contribution in [0.15, 0.2) is 39.6 Å². The molecule has 4 rings (SSSR count). The van der Waals surface area contributed by atoms with Gasteiger partial charge in [-0.25, -0.2) is 4.79 Å². The second-order valence-electron chi connectivity index (χ2n) is 7.38. The van der Waals surface area contributed by atoms with Crippen molar-refractivity contribution in [3.05, 3.63) is 46.5 Å². The van der Waals surface area contributed by atoms with Gasteiger partial charge in [0.1, 0.15) is 5.76 Å².